The van der Waals surface area contributed by atoms with E-state index >= 15 is 0 Å². The second-order valence-electron chi connectivity index (χ2n) is 6.52. The highest BCUT2D eigenvalue weighted by atomic mass is 32.1. The Labute approximate surface area is 125 Å². The van der Waals surface area contributed by atoms with Gasteiger partial charge in [-0.1, -0.05) is 6.92 Å². The van der Waals surface area contributed by atoms with Crippen molar-refractivity contribution in [1.29, 1.82) is 0 Å². The molecule has 2 atom stereocenters. The van der Waals surface area contributed by atoms with Crippen LogP contribution >= 0.6 is 11.5 Å². The zero-order chi connectivity index (χ0) is 13.5. The second kappa shape index (κ2) is 5.26. The lowest BCUT2D eigenvalue weighted by Crippen LogP contribution is -2.54. The molecular weight excluding hydrogens is 268 g/mol. The van der Waals surface area contributed by atoms with Crippen molar-refractivity contribution in [1.82, 2.24) is 14.3 Å². The van der Waals surface area contributed by atoms with E-state index in [0.29, 0.717) is 0 Å². The fraction of sp³-hybridized carbons (Fsp3) is 0.867. The lowest BCUT2D eigenvalue weighted by molar-refractivity contribution is 0.0698. The van der Waals surface area contributed by atoms with Gasteiger partial charge in [-0.3, -0.25) is 4.90 Å². The summed E-state index contributed by atoms with van der Waals surface area (Å²) in [5, 5.41) is 1.16. The molecule has 3 aliphatic rings. The van der Waals surface area contributed by atoms with E-state index in [4.69, 9.17) is 0 Å². The smallest absolute Gasteiger partial charge is 0.205 e. The molecule has 1 aliphatic carbocycles. The molecule has 20 heavy (non-hydrogen) atoms. The molecule has 0 bridgehead atoms. The van der Waals surface area contributed by atoms with Gasteiger partial charge in [0.1, 0.15) is 5.82 Å². The summed E-state index contributed by atoms with van der Waals surface area (Å²) in [5.41, 5.74) is 0. The monoisotopic (exact) mass is 292 g/mol. The van der Waals surface area contributed by atoms with Gasteiger partial charge in [-0.25, -0.2) is 4.98 Å². The van der Waals surface area contributed by atoms with Crippen molar-refractivity contribution in [3.8, 4) is 0 Å². The summed E-state index contributed by atoms with van der Waals surface area (Å²) < 4.78 is 4.45. The fourth-order valence-corrected chi connectivity index (χ4v) is 4.78. The Morgan fingerprint density at radius 1 is 1.20 bits per heavy atom. The highest BCUT2D eigenvalue weighted by Gasteiger charge is 2.42. The van der Waals surface area contributed by atoms with Crippen molar-refractivity contribution < 1.29 is 0 Å². The maximum Gasteiger partial charge on any atom is 0.205 e. The Morgan fingerprint density at radius 3 is 2.85 bits per heavy atom. The van der Waals surface area contributed by atoms with Crippen LogP contribution in [0, 0.1) is 5.92 Å². The first-order valence-corrected chi connectivity index (χ1v) is 8.95. The molecule has 1 aromatic heterocycles. The highest BCUT2D eigenvalue weighted by Crippen LogP contribution is 2.39. The molecule has 3 fully saturated rings. The SMILES string of the molecule is CCc1nsc(N2CC[C@H]3[C@@H](CCCN3C3CC3)C2)n1. The molecule has 1 saturated carbocycles. The van der Waals surface area contributed by atoms with Crippen molar-refractivity contribution in [3.63, 3.8) is 0 Å². The third kappa shape index (κ3) is 2.35. The van der Waals surface area contributed by atoms with E-state index in [1.54, 1.807) is 11.5 Å². The minimum Gasteiger partial charge on any atom is -0.346 e. The van der Waals surface area contributed by atoms with Gasteiger partial charge in [-0.2, -0.15) is 4.37 Å². The Balaban J connectivity index is 1.46. The maximum absolute atomic E-state index is 4.68. The summed E-state index contributed by atoms with van der Waals surface area (Å²) in [5.74, 6) is 1.86. The lowest BCUT2D eigenvalue weighted by Gasteiger charge is -2.47. The summed E-state index contributed by atoms with van der Waals surface area (Å²) in [6.07, 6.45) is 7.96. The van der Waals surface area contributed by atoms with Gasteiger partial charge in [0, 0.05) is 43.1 Å². The van der Waals surface area contributed by atoms with Gasteiger partial charge in [-0.05, 0) is 44.6 Å². The van der Waals surface area contributed by atoms with Crippen LogP contribution in [0.4, 0.5) is 5.13 Å². The molecule has 0 aromatic carbocycles. The number of hydrogen-bond acceptors (Lipinski definition) is 5. The quantitative estimate of drug-likeness (QED) is 0.857. The molecule has 3 heterocycles. The van der Waals surface area contributed by atoms with E-state index in [1.807, 2.05) is 0 Å². The first kappa shape index (κ1) is 13.0. The predicted molar refractivity (Wildman–Crippen MR) is 82.4 cm³/mol. The third-order valence-corrected chi connectivity index (χ3v) is 5.99. The largest absolute Gasteiger partial charge is 0.346 e. The fourth-order valence-electron chi connectivity index (χ4n) is 3.99. The van der Waals surface area contributed by atoms with Crippen molar-refractivity contribution in [3.05, 3.63) is 5.82 Å². The van der Waals surface area contributed by atoms with Gasteiger partial charge in [0.25, 0.3) is 0 Å². The Hall–Kier alpha value is -0.680. The highest BCUT2D eigenvalue weighted by molar-refractivity contribution is 7.09. The van der Waals surface area contributed by atoms with Gasteiger partial charge in [0.15, 0.2) is 0 Å². The number of nitrogens with zero attached hydrogens (tertiary/aromatic N) is 4. The number of aryl methyl sites for hydroxylation is 1. The molecule has 2 aliphatic heterocycles. The standard InChI is InChI=1S/C15H24N4S/c1-2-14-16-15(20-17-14)18-9-7-13-11(10-18)4-3-8-19(13)12-5-6-12/h11-13H,2-10H2,1H3/t11-,13-/m0/s1. The number of anilines is 1. The topological polar surface area (TPSA) is 32.3 Å². The van der Waals surface area contributed by atoms with Crippen LogP contribution in [-0.4, -0.2) is 46.0 Å². The average molecular weight is 292 g/mol. The molecule has 110 valence electrons. The number of aromatic nitrogens is 2. The average Bonchev–Trinajstić information content (AvgIpc) is 3.23. The Morgan fingerprint density at radius 2 is 2.10 bits per heavy atom. The summed E-state index contributed by atoms with van der Waals surface area (Å²) in [6, 6.07) is 1.79. The van der Waals surface area contributed by atoms with Gasteiger partial charge in [0.05, 0.1) is 0 Å². The van der Waals surface area contributed by atoms with Gasteiger partial charge >= 0.3 is 0 Å². The molecule has 5 heteroatoms. The van der Waals surface area contributed by atoms with E-state index in [9.17, 15) is 0 Å². The molecule has 0 radical (unpaired) electrons. The normalized spacial score (nSPS) is 31.4. The zero-order valence-electron chi connectivity index (χ0n) is 12.3. The van der Waals surface area contributed by atoms with Crippen molar-refractivity contribution in [2.75, 3.05) is 24.5 Å². The second-order valence-corrected chi connectivity index (χ2v) is 7.25. The van der Waals surface area contributed by atoms with E-state index < -0.39 is 0 Å². The molecule has 0 amide bonds. The van der Waals surface area contributed by atoms with Crippen molar-refractivity contribution >= 4 is 16.7 Å². The Kier molecular flexibility index (Phi) is 3.42. The van der Waals surface area contributed by atoms with E-state index in [2.05, 4.69) is 26.1 Å². The third-order valence-electron chi connectivity index (χ3n) is 5.17. The molecule has 0 unspecified atom stereocenters. The number of piperidine rings is 2. The van der Waals surface area contributed by atoms with Crippen LogP contribution in [0.2, 0.25) is 0 Å². The van der Waals surface area contributed by atoms with Crippen LogP contribution in [-0.2, 0) is 6.42 Å². The number of fused-ring (bicyclic) bond motifs is 1. The molecule has 0 spiro atoms. The van der Waals surface area contributed by atoms with Gasteiger partial charge in [0.2, 0.25) is 5.13 Å². The number of likely N-dealkylation sites (tertiary alicyclic amines) is 1. The van der Waals surface area contributed by atoms with Crippen LogP contribution in [0.5, 0.6) is 0 Å². The van der Waals surface area contributed by atoms with Gasteiger partial charge < -0.3 is 4.90 Å². The summed E-state index contributed by atoms with van der Waals surface area (Å²) in [6.45, 7) is 5.85. The maximum atomic E-state index is 4.68. The van der Waals surface area contributed by atoms with Crippen molar-refractivity contribution in [2.24, 2.45) is 5.92 Å². The number of rotatable bonds is 3. The first-order chi connectivity index (χ1) is 9.85. The summed E-state index contributed by atoms with van der Waals surface area (Å²) >= 11 is 1.59. The summed E-state index contributed by atoms with van der Waals surface area (Å²) in [7, 11) is 0. The van der Waals surface area contributed by atoms with Crippen LogP contribution in [0.3, 0.4) is 0 Å². The van der Waals surface area contributed by atoms with Crippen LogP contribution < -0.4 is 4.90 Å². The summed E-state index contributed by atoms with van der Waals surface area (Å²) in [4.78, 5) is 10.0. The van der Waals surface area contributed by atoms with Gasteiger partial charge in [-0.15, -0.1) is 0 Å². The molecule has 4 rings (SSSR count). The van der Waals surface area contributed by atoms with E-state index in [-0.39, 0.29) is 0 Å². The minimum absolute atomic E-state index is 0.853. The molecule has 0 N–H and O–H groups in total. The Bertz CT molecular complexity index is 470. The van der Waals surface area contributed by atoms with Crippen LogP contribution in [0.15, 0.2) is 0 Å². The van der Waals surface area contributed by atoms with E-state index in [1.165, 1.54) is 51.7 Å². The minimum atomic E-state index is 0.853. The lowest BCUT2D eigenvalue weighted by atomic mass is 9.84. The molecule has 2 saturated heterocycles. The van der Waals surface area contributed by atoms with Crippen LogP contribution in [0.1, 0.15) is 44.9 Å². The molecule has 4 nitrogen and oxygen atoms in total. The molecule has 1 aromatic rings. The zero-order valence-corrected chi connectivity index (χ0v) is 13.1. The van der Waals surface area contributed by atoms with Crippen LogP contribution in [0.25, 0.3) is 0 Å². The number of hydrogen-bond donors (Lipinski definition) is 0. The van der Waals surface area contributed by atoms with Crippen molar-refractivity contribution in [2.45, 2.75) is 57.5 Å². The predicted octanol–water partition coefficient (Wildman–Crippen LogP) is 2.55. The molecular formula is C15H24N4S. The first-order valence-electron chi connectivity index (χ1n) is 8.18. The van der Waals surface area contributed by atoms with E-state index in [0.717, 1.165) is 35.4 Å².